The molecule has 0 amide bonds. The maximum absolute atomic E-state index is 2.62. The van der Waals surface area contributed by atoms with Crippen molar-refractivity contribution in [1.29, 1.82) is 0 Å². The second-order valence-electron chi connectivity index (χ2n) is 33.2. The number of nitrogens with zero attached hydrogens (tertiary/aromatic N) is 4. The zero-order chi connectivity index (χ0) is 68.8. The lowest BCUT2D eigenvalue weighted by atomic mass is 9.33. The van der Waals surface area contributed by atoms with Crippen LogP contribution < -0.4 is 26.2 Å². The molecule has 490 valence electrons. The third-order valence-electron chi connectivity index (χ3n) is 23.6. The molecule has 4 aliphatic rings. The lowest BCUT2D eigenvalue weighted by molar-refractivity contribution is 0.402. The standard InChI is InChI=1S/C96H83BN4/c1-92(2,3)68-39-29-61(30-40-68)67-37-48-81-87(54-67)98(69-41-31-62(32-42-69)65-35-46-77-79(52-65)95(8,9)58-93(77,4)5)89-56-72(101-83-26-18-15-23-73(83)74-24-16-19-27-84(74)101)57-90-91(89)97(81)82-49-45-71(100-85-28-20-17-25-75(85)76-51-64(38-50-86(76)100)60-21-13-12-14-22-60)55-88(82)99(90)70-43-33-63(34-44-70)66-36-47-78-80(53-66)96(10,11)59-94(78,6)7/h12-57H,58-59H2,1-11H3. The average Bonchev–Trinajstić information content (AvgIpc) is 1.37. The van der Waals surface area contributed by atoms with E-state index in [2.05, 4.69) is 374 Å². The molecule has 19 rings (SSSR count). The number of fused-ring (bicyclic) bond motifs is 12. The van der Waals surface area contributed by atoms with Gasteiger partial charge in [0.25, 0.3) is 6.71 Å². The van der Waals surface area contributed by atoms with Gasteiger partial charge in [-0.05, 0) is 214 Å². The summed E-state index contributed by atoms with van der Waals surface area (Å²) in [6, 6.07) is 108. The Morgan fingerprint density at radius 3 is 1.15 bits per heavy atom. The molecule has 5 heteroatoms. The van der Waals surface area contributed by atoms with Crippen LogP contribution in [0.25, 0.3) is 99.5 Å². The normalized spacial score (nSPS) is 15.9. The Kier molecular flexibility index (Phi) is 13.2. The third kappa shape index (κ3) is 9.48. The lowest BCUT2D eigenvalue weighted by Gasteiger charge is -2.44. The molecule has 0 bridgehead atoms. The van der Waals surface area contributed by atoms with Crippen molar-refractivity contribution in [3.05, 3.63) is 307 Å². The number of para-hydroxylation sites is 3. The molecule has 0 atom stereocenters. The van der Waals surface area contributed by atoms with Crippen LogP contribution in [0.2, 0.25) is 0 Å². The molecule has 0 spiro atoms. The van der Waals surface area contributed by atoms with Crippen molar-refractivity contribution in [2.45, 2.75) is 116 Å². The fraction of sp³-hybridized carbons (Fsp3) is 0.188. The summed E-state index contributed by atoms with van der Waals surface area (Å²) >= 11 is 0. The van der Waals surface area contributed by atoms with Gasteiger partial charge in [0, 0.05) is 61.4 Å². The summed E-state index contributed by atoms with van der Waals surface area (Å²) < 4.78 is 5.04. The van der Waals surface area contributed by atoms with Crippen molar-refractivity contribution in [3.8, 4) is 55.9 Å². The van der Waals surface area contributed by atoms with Crippen LogP contribution in [-0.4, -0.2) is 15.8 Å². The fourth-order valence-electron chi connectivity index (χ4n) is 19.3. The molecular weight excluding hydrogens is 1220 g/mol. The van der Waals surface area contributed by atoms with Gasteiger partial charge in [-0.1, -0.05) is 270 Å². The Labute approximate surface area is 594 Å². The van der Waals surface area contributed by atoms with E-state index in [9.17, 15) is 0 Å². The van der Waals surface area contributed by atoms with Crippen LogP contribution in [-0.2, 0) is 27.1 Å². The summed E-state index contributed by atoms with van der Waals surface area (Å²) in [6.45, 7) is 26.1. The molecule has 0 fully saturated rings. The van der Waals surface area contributed by atoms with Crippen LogP contribution in [0.1, 0.15) is 117 Å². The summed E-state index contributed by atoms with van der Waals surface area (Å²) in [5.74, 6) is 0. The summed E-state index contributed by atoms with van der Waals surface area (Å²) in [4.78, 5) is 5.24. The molecule has 4 heterocycles. The highest BCUT2D eigenvalue weighted by Crippen LogP contribution is 2.54. The highest BCUT2D eigenvalue weighted by molar-refractivity contribution is 7.00. The maximum atomic E-state index is 2.62. The molecule has 0 unspecified atom stereocenters. The second-order valence-corrected chi connectivity index (χ2v) is 33.2. The summed E-state index contributed by atoms with van der Waals surface area (Å²) in [5.41, 5.74) is 34.9. The first-order valence-electron chi connectivity index (χ1n) is 36.4. The Morgan fingerprint density at radius 2 is 0.634 bits per heavy atom. The minimum absolute atomic E-state index is 0.0219. The van der Waals surface area contributed by atoms with Crippen LogP contribution in [0.5, 0.6) is 0 Å². The molecule has 2 aliphatic carbocycles. The van der Waals surface area contributed by atoms with Crippen molar-refractivity contribution in [2.24, 2.45) is 0 Å². The van der Waals surface area contributed by atoms with Crippen LogP contribution in [0, 0.1) is 0 Å². The van der Waals surface area contributed by atoms with Gasteiger partial charge in [-0.3, -0.25) is 0 Å². The van der Waals surface area contributed by atoms with Crippen molar-refractivity contribution in [2.75, 3.05) is 9.80 Å². The number of rotatable bonds is 8. The molecule has 0 radical (unpaired) electrons. The van der Waals surface area contributed by atoms with E-state index in [1.165, 1.54) is 138 Å². The Morgan fingerprint density at radius 1 is 0.277 bits per heavy atom. The predicted octanol–water partition coefficient (Wildman–Crippen LogP) is 23.8. The first-order valence-corrected chi connectivity index (χ1v) is 36.4. The topological polar surface area (TPSA) is 16.3 Å². The van der Waals surface area contributed by atoms with E-state index in [0.29, 0.717) is 0 Å². The van der Waals surface area contributed by atoms with Gasteiger partial charge in [0.1, 0.15) is 0 Å². The van der Waals surface area contributed by atoms with E-state index in [-0.39, 0.29) is 33.8 Å². The molecule has 15 aromatic rings. The average molecular weight is 1300 g/mol. The molecule has 4 nitrogen and oxygen atoms in total. The number of benzene rings is 13. The Hall–Kier alpha value is -10.9. The number of anilines is 6. The Bertz CT molecular complexity index is 5880. The van der Waals surface area contributed by atoms with Crippen molar-refractivity contribution in [3.63, 3.8) is 0 Å². The molecule has 2 aromatic heterocycles. The van der Waals surface area contributed by atoms with Crippen LogP contribution in [0.3, 0.4) is 0 Å². The van der Waals surface area contributed by atoms with E-state index >= 15 is 0 Å². The molecular formula is C96H83BN4. The number of hydrogen-bond donors (Lipinski definition) is 0. The summed E-state index contributed by atoms with van der Waals surface area (Å²) in [6.07, 6.45) is 2.26. The smallest absolute Gasteiger partial charge is 0.252 e. The van der Waals surface area contributed by atoms with Gasteiger partial charge in [0.2, 0.25) is 0 Å². The van der Waals surface area contributed by atoms with Gasteiger partial charge in [-0.15, -0.1) is 0 Å². The SMILES string of the molecule is CC(C)(C)c1ccc(-c2ccc3c(c2)N(c2ccc(-c4ccc5c(c4)C(C)(C)CC5(C)C)cc2)c2cc(-n4c5ccccc5c5ccccc54)cc4c2B3c2ccc(-n3c5ccccc5c5cc(-c6ccccc6)ccc53)cc2N4c2ccc(-c3ccc4c(c3)C(C)(C)CC4(C)C)cc2)cc1. The van der Waals surface area contributed by atoms with Gasteiger partial charge in [0.05, 0.1) is 27.8 Å². The fourth-order valence-corrected chi connectivity index (χ4v) is 19.3. The largest absolute Gasteiger partial charge is 0.311 e. The highest BCUT2D eigenvalue weighted by Gasteiger charge is 2.46. The molecule has 0 N–H and O–H groups in total. The molecule has 0 saturated heterocycles. The number of aromatic nitrogens is 2. The van der Waals surface area contributed by atoms with Crippen LogP contribution in [0.15, 0.2) is 279 Å². The van der Waals surface area contributed by atoms with Gasteiger partial charge in [0.15, 0.2) is 0 Å². The zero-order valence-corrected chi connectivity index (χ0v) is 59.8. The van der Waals surface area contributed by atoms with Crippen molar-refractivity contribution < 1.29 is 0 Å². The van der Waals surface area contributed by atoms with Gasteiger partial charge >= 0.3 is 0 Å². The van der Waals surface area contributed by atoms with Gasteiger partial charge in [-0.25, -0.2) is 0 Å². The summed E-state index contributed by atoms with van der Waals surface area (Å²) in [7, 11) is 0. The van der Waals surface area contributed by atoms with Crippen molar-refractivity contribution >= 4 is 101 Å². The highest BCUT2D eigenvalue weighted by atomic mass is 15.2. The first-order chi connectivity index (χ1) is 48.7. The third-order valence-corrected chi connectivity index (χ3v) is 23.6. The van der Waals surface area contributed by atoms with Crippen LogP contribution in [0.4, 0.5) is 34.1 Å². The van der Waals surface area contributed by atoms with E-state index in [0.717, 1.165) is 52.7 Å². The molecule has 13 aromatic carbocycles. The van der Waals surface area contributed by atoms with Crippen molar-refractivity contribution in [1.82, 2.24) is 9.13 Å². The number of hydrogen-bond acceptors (Lipinski definition) is 2. The maximum Gasteiger partial charge on any atom is 0.252 e. The van der Waals surface area contributed by atoms with Gasteiger partial charge < -0.3 is 18.9 Å². The lowest BCUT2D eigenvalue weighted by Crippen LogP contribution is -2.61. The van der Waals surface area contributed by atoms with Crippen LogP contribution >= 0.6 is 0 Å². The summed E-state index contributed by atoms with van der Waals surface area (Å²) in [5, 5.41) is 4.92. The second kappa shape index (κ2) is 21.8. The zero-order valence-electron chi connectivity index (χ0n) is 59.8. The quantitative estimate of drug-likeness (QED) is 0.141. The molecule has 2 aliphatic heterocycles. The first kappa shape index (κ1) is 61.2. The van der Waals surface area contributed by atoms with E-state index < -0.39 is 0 Å². The van der Waals surface area contributed by atoms with E-state index in [1.807, 2.05) is 0 Å². The van der Waals surface area contributed by atoms with E-state index in [1.54, 1.807) is 0 Å². The molecule has 0 saturated carbocycles. The minimum Gasteiger partial charge on any atom is -0.311 e. The minimum atomic E-state index is -0.153. The Balaban J connectivity index is 0.880. The van der Waals surface area contributed by atoms with E-state index in [4.69, 9.17) is 0 Å². The van der Waals surface area contributed by atoms with Gasteiger partial charge in [-0.2, -0.15) is 0 Å². The monoisotopic (exact) mass is 1300 g/mol. The molecule has 101 heavy (non-hydrogen) atoms. The predicted molar refractivity (Wildman–Crippen MR) is 431 cm³/mol.